The molecule has 0 spiro atoms. The third-order valence-corrected chi connectivity index (χ3v) is 2.97. The first-order chi connectivity index (χ1) is 8.41. The Morgan fingerprint density at radius 2 is 1.94 bits per heavy atom. The summed E-state index contributed by atoms with van der Waals surface area (Å²) in [4.78, 5) is 35.0. The average molecular weight is 253 g/mol. The molecule has 0 saturated carbocycles. The lowest BCUT2D eigenvalue weighted by atomic mass is 10.1. The van der Waals surface area contributed by atoms with Crippen LogP contribution in [0.4, 0.5) is 0 Å². The quantitative estimate of drug-likeness (QED) is 0.538. The van der Waals surface area contributed by atoms with E-state index >= 15 is 0 Å². The van der Waals surface area contributed by atoms with Crippen molar-refractivity contribution in [3.05, 3.63) is 12.2 Å². The van der Waals surface area contributed by atoms with Gasteiger partial charge in [-0.15, -0.1) is 0 Å². The summed E-state index contributed by atoms with van der Waals surface area (Å²) in [5.74, 6) is -0.468. The second kappa shape index (κ2) is 6.44. The smallest absolute Gasteiger partial charge is 0.229 e. The van der Waals surface area contributed by atoms with Gasteiger partial charge >= 0.3 is 0 Å². The molecule has 0 aliphatic carbocycles. The van der Waals surface area contributed by atoms with E-state index in [4.69, 9.17) is 0 Å². The number of hydrogen-bond acceptors (Lipinski definition) is 4. The van der Waals surface area contributed by atoms with Crippen molar-refractivity contribution >= 4 is 17.6 Å². The molecule has 1 fully saturated rings. The molecule has 1 N–H and O–H groups in total. The molecule has 1 rings (SSSR count). The highest BCUT2D eigenvalue weighted by Crippen LogP contribution is 2.14. The Labute approximate surface area is 106 Å². The number of imide groups is 1. The Morgan fingerprint density at radius 3 is 2.44 bits per heavy atom. The Morgan fingerprint density at radius 1 is 1.39 bits per heavy atom. The first-order valence-corrected chi connectivity index (χ1v) is 6.11. The summed E-state index contributed by atoms with van der Waals surface area (Å²) in [5, 5.41) is 9.72. The highest BCUT2D eigenvalue weighted by molar-refractivity contribution is 6.01. The van der Waals surface area contributed by atoms with Crippen molar-refractivity contribution in [2.45, 2.75) is 45.1 Å². The molecular weight excluding hydrogens is 234 g/mol. The van der Waals surface area contributed by atoms with Crippen molar-refractivity contribution in [3.63, 3.8) is 0 Å². The number of Topliss-reactive ketones (excluding diaryl/α,β-unsaturated/α-hetero) is 1. The number of carbonyl (C=O) groups is 3. The van der Waals surface area contributed by atoms with Gasteiger partial charge in [0.05, 0.1) is 12.6 Å². The van der Waals surface area contributed by atoms with Gasteiger partial charge < -0.3 is 5.11 Å². The van der Waals surface area contributed by atoms with Crippen LogP contribution < -0.4 is 0 Å². The second-order valence-electron chi connectivity index (χ2n) is 4.65. The lowest BCUT2D eigenvalue weighted by Crippen LogP contribution is -2.36. The minimum atomic E-state index is -0.756. The molecule has 0 aromatic heterocycles. The standard InChI is InChI=1S/C13H19NO4/c1-9(2)11(16)5-3-4-10(15)8-14-12(17)6-7-13(14)18/h10,15H,1,3-8H2,2H3. The fourth-order valence-corrected chi connectivity index (χ4v) is 1.84. The fourth-order valence-electron chi connectivity index (χ4n) is 1.84. The zero-order valence-electron chi connectivity index (χ0n) is 10.6. The third-order valence-electron chi connectivity index (χ3n) is 2.97. The summed E-state index contributed by atoms with van der Waals surface area (Å²) in [5.41, 5.74) is 0.509. The summed E-state index contributed by atoms with van der Waals surface area (Å²) in [6.07, 6.45) is 0.987. The van der Waals surface area contributed by atoms with E-state index in [1.807, 2.05) is 0 Å². The van der Waals surface area contributed by atoms with Gasteiger partial charge in [0.2, 0.25) is 11.8 Å². The molecule has 1 aliphatic heterocycles. The number of β-amino-alcohol motifs (C(OH)–C–C–N with tert-alkyl or cyclic N) is 1. The molecule has 1 heterocycles. The van der Waals surface area contributed by atoms with Crippen LogP contribution in [-0.2, 0) is 14.4 Å². The number of ketones is 1. The van der Waals surface area contributed by atoms with E-state index in [1.165, 1.54) is 0 Å². The maximum absolute atomic E-state index is 11.3. The van der Waals surface area contributed by atoms with Crippen LogP contribution >= 0.6 is 0 Å². The lowest BCUT2D eigenvalue weighted by Gasteiger charge is -2.18. The van der Waals surface area contributed by atoms with Gasteiger partial charge in [0.25, 0.3) is 0 Å². The molecule has 0 radical (unpaired) electrons. The van der Waals surface area contributed by atoms with Gasteiger partial charge in [-0.2, -0.15) is 0 Å². The van der Waals surface area contributed by atoms with E-state index < -0.39 is 6.10 Å². The minimum absolute atomic E-state index is 0.0180. The predicted molar refractivity (Wildman–Crippen MR) is 65.6 cm³/mol. The molecule has 1 unspecified atom stereocenters. The van der Waals surface area contributed by atoms with Gasteiger partial charge in [0.1, 0.15) is 0 Å². The Balaban J connectivity index is 2.27. The van der Waals surface area contributed by atoms with Crippen molar-refractivity contribution in [2.24, 2.45) is 0 Å². The minimum Gasteiger partial charge on any atom is -0.391 e. The van der Waals surface area contributed by atoms with Gasteiger partial charge in [-0.3, -0.25) is 19.3 Å². The number of amides is 2. The number of hydrogen-bond donors (Lipinski definition) is 1. The summed E-state index contributed by atoms with van der Waals surface area (Å²) >= 11 is 0. The van der Waals surface area contributed by atoms with Crippen molar-refractivity contribution in [3.8, 4) is 0 Å². The summed E-state index contributed by atoms with van der Waals surface area (Å²) in [7, 11) is 0. The Bertz CT molecular complexity index is 359. The largest absolute Gasteiger partial charge is 0.391 e. The van der Waals surface area contributed by atoms with E-state index in [2.05, 4.69) is 6.58 Å². The van der Waals surface area contributed by atoms with Crippen LogP contribution in [0.25, 0.3) is 0 Å². The van der Waals surface area contributed by atoms with Crippen LogP contribution in [0.5, 0.6) is 0 Å². The number of aliphatic hydroxyl groups excluding tert-OH is 1. The van der Waals surface area contributed by atoms with Crippen LogP contribution in [0, 0.1) is 0 Å². The van der Waals surface area contributed by atoms with Crippen LogP contribution in [0.1, 0.15) is 39.0 Å². The molecular formula is C13H19NO4. The second-order valence-corrected chi connectivity index (χ2v) is 4.65. The molecule has 5 heteroatoms. The molecule has 18 heavy (non-hydrogen) atoms. The zero-order valence-corrected chi connectivity index (χ0v) is 10.6. The van der Waals surface area contributed by atoms with Crippen LogP contribution in [0.3, 0.4) is 0 Å². The van der Waals surface area contributed by atoms with E-state index in [0.29, 0.717) is 24.8 Å². The van der Waals surface area contributed by atoms with Gasteiger partial charge in [0.15, 0.2) is 5.78 Å². The van der Waals surface area contributed by atoms with Crippen molar-refractivity contribution in [2.75, 3.05) is 6.54 Å². The maximum atomic E-state index is 11.3. The fraction of sp³-hybridized carbons (Fsp3) is 0.615. The Kier molecular flexibility index (Phi) is 5.22. The molecule has 0 aromatic rings. The summed E-state index contributed by atoms with van der Waals surface area (Å²) in [6, 6.07) is 0. The number of carbonyl (C=O) groups excluding carboxylic acids is 3. The summed E-state index contributed by atoms with van der Waals surface area (Å²) in [6.45, 7) is 5.24. The predicted octanol–water partition coefficient (Wildman–Crippen LogP) is 0.812. The number of rotatable bonds is 7. The van der Waals surface area contributed by atoms with Crippen molar-refractivity contribution in [1.82, 2.24) is 4.90 Å². The van der Waals surface area contributed by atoms with E-state index in [0.717, 1.165) is 4.90 Å². The highest BCUT2D eigenvalue weighted by Gasteiger charge is 2.30. The first-order valence-electron chi connectivity index (χ1n) is 6.11. The molecule has 100 valence electrons. The molecule has 0 aromatic carbocycles. The lowest BCUT2D eigenvalue weighted by molar-refractivity contribution is -0.140. The third kappa shape index (κ3) is 4.07. The van der Waals surface area contributed by atoms with Gasteiger partial charge in [-0.1, -0.05) is 6.58 Å². The van der Waals surface area contributed by atoms with E-state index in [1.54, 1.807) is 6.92 Å². The van der Waals surface area contributed by atoms with Crippen LogP contribution in [0.2, 0.25) is 0 Å². The van der Waals surface area contributed by atoms with Crippen molar-refractivity contribution < 1.29 is 19.5 Å². The average Bonchev–Trinajstić information content (AvgIpc) is 2.60. The Hall–Kier alpha value is -1.49. The highest BCUT2D eigenvalue weighted by atomic mass is 16.3. The van der Waals surface area contributed by atoms with Crippen LogP contribution in [-0.4, -0.2) is 40.3 Å². The zero-order chi connectivity index (χ0) is 13.7. The van der Waals surface area contributed by atoms with E-state index in [9.17, 15) is 19.5 Å². The van der Waals surface area contributed by atoms with Gasteiger partial charge in [0, 0.05) is 19.3 Å². The summed E-state index contributed by atoms with van der Waals surface area (Å²) < 4.78 is 0. The molecule has 0 bridgehead atoms. The normalized spacial score (nSPS) is 17.1. The topological polar surface area (TPSA) is 74.7 Å². The molecule has 1 aliphatic rings. The van der Waals surface area contributed by atoms with Gasteiger partial charge in [-0.25, -0.2) is 0 Å². The maximum Gasteiger partial charge on any atom is 0.229 e. The number of allylic oxidation sites excluding steroid dienone is 1. The molecule has 1 saturated heterocycles. The van der Waals surface area contributed by atoms with Gasteiger partial charge in [-0.05, 0) is 25.3 Å². The van der Waals surface area contributed by atoms with Crippen LogP contribution in [0.15, 0.2) is 12.2 Å². The van der Waals surface area contributed by atoms with E-state index in [-0.39, 0.29) is 37.0 Å². The monoisotopic (exact) mass is 253 g/mol. The molecule has 5 nitrogen and oxygen atoms in total. The number of nitrogens with zero attached hydrogens (tertiary/aromatic N) is 1. The number of aliphatic hydroxyl groups is 1. The first kappa shape index (κ1) is 14.6. The SMILES string of the molecule is C=C(C)C(=O)CCCC(O)CN1C(=O)CCC1=O. The molecule has 1 atom stereocenters. The molecule has 2 amide bonds. The number of likely N-dealkylation sites (tertiary alicyclic amines) is 1. The van der Waals surface area contributed by atoms with Crippen molar-refractivity contribution in [1.29, 1.82) is 0 Å².